The maximum atomic E-state index is 13.1. The van der Waals surface area contributed by atoms with Crippen molar-refractivity contribution in [2.45, 2.75) is 12.8 Å². The van der Waals surface area contributed by atoms with Crippen LogP contribution >= 0.6 is 0 Å². The molecule has 0 spiro atoms. The van der Waals surface area contributed by atoms with Gasteiger partial charge in [0, 0.05) is 17.7 Å². The summed E-state index contributed by atoms with van der Waals surface area (Å²) in [5.74, 6) is -2.88. The number of carbonyl (C=O) groups is 3. The van der Waals surface area contributed by atoms with Crippen molar-refractivity contribution in [3.63, 3.8) is 0 Å². The van der Waals surface area contributed by atoms with Crippen LogP contribution in [-0.2, 0) is 19.1 Å². The van der Waals surface area contributed by atoms with E-state index >= 15 is 0 Å². The molecular formula is C17H19NO5. The molecule has 2 atom stereocenters. The summed E-state index contributed by atoms with van der Waals surface area (Å²) in [6.07, 6.45) is 1.71. The van der Waals surface area contributed by atoms with Crippen molar-refractivity contribution in [1.29, 1.82) is 0 Å². The molecule has 0 bridgehead atoms. The Kier molecular flexibility index (Phi) is 4.83. The summed E-state index contributed by atoms with van der Waals surface area (Å²) in [5, 5.41) is 0. The van der Waals surface area contributed by atoms with Crippen LogP contribution in [-0.4, -0.2) is 31.9 Å². The highest BCUT2D eigenvalue weighted by molar-refractivity contribution is 6.15. The lowest BCUT2D eigenvalue weighted by molar-refractivity contribution is -0.163. The number of benzene rings is 1. The predicted molar refractivity (Wildman–Crippen MR) is 82.2 cm³/mol. The lowest BCUT2D eigenvalue weighted by atomic mass is 9.63. The molecule has 1 aromatic carbocycles. The average molecular weight is 317 g/mol. The minimum Gasteiger partial charge on any atom is -0.469 e. The summed E-state index contributed by atoms with van der Waals surface area (Å²) in [6.45, 7) is 0. The standard InChI is InChI=1S/C17H19NO5/c1-22-15(20)13-9-8-12(18)10-17(13,16(21)23-2)14(19)11-6-4-3-5-7-11/h3-8,13H,9-10,18H2,1-2H3. The topological polar surface area (TPSA) is 95.7 Å². The summed E-state index contributed by atoms with van der Waals surface area (Å²) >= 11 is 0. The molecule has 6 heteroatoms. The SMILES string of the molecule is COC(=O)C1CC=C(N)CC1(C(=O)OC)C(=O)c1ccccc1. The number of ether oxygens (including phenoxy) is 2. The number of rotatable bonds is 4. The lowest BCUT2D eigenvalue weighted by Gasteiger charge is -2.37. The number of methoxy groups -OCH3 is 2. The second-order valence-corrected chi connectivity index (χ2v) is 5.43. The maximum Gasteiger partial charge on any atom is 0.321 e. The third-order valence-electron chi connectivity index (χ3n) is 4.17. The Bertz CT molecular complexity index is 652. The lowest BCUT2D eigenvalue weighted by Crippen LogP contribution is -2.52. The number of Topliss-reactive ketones (excluding diaryl/α,β-unsaturated/α-hetero) is 1. The van der Waals surface area contributed by atoms with E-state index in [1.165, 1.54) is 14.2 Å². The van der Waals surface area contributed by atoms with E-state index in [0.29, 0.717) is 11.3 Å². The van der Waals surface area contributed by atoms with Crippen LogP contribution in [0.5, 0.6) is 0 Å². The summed E-state index contributed by atoms with van der Waals surface area (Å²) in [4.78, 5) is 37.8. The minimum atomic E-state index is -1.71. The van der Waals surface area contributed by atoms with Crippen LogP contribution in [0.2, 0.25) is 0 Å². The maximum absolute atomic E-state index is 13.1. The third kappa shape index (κ3) is 2.84. The second-order valence-electron chi connectivity index (χ2n) is 5.43. The van der Waals surface area contributed by atoms with Gasteiger partial charge in [0.2, 0.25) is 0 Å². The zero-order chi connectivity index (χ0) is 17.0. The van der Waals surface area contributed by atoms with E-state index in [0.717, 1.165) is 0 Å². The summed E-state index contributed by atoms with van der Waals surface area (Å²) in [5.41, 5.74) is 4.86. The van der Waals surface area contributed by atoms with Crippen molar-refractivity contribution in [1.82, 2.24) is 0 Å². The number of esters is 2. The van der Waals surface area contributed by atoms with E-state index in [2.05, 4.69) is 0 Å². The normalized spacial score (nSPS) is 23.6. The van der Waals surface area contributed by atoms with Gasteiger partial charge in [-0.15, -0.1) is 0 Å². The van der Waals surface area contributed by atoms with Crippen molar-refractivity contribution >= 4 is 17.7 Å². The van der Waals surface area contributed by atoms with Gasteiger partial charge in [0.05, 0.1) is 20.1 Å². The molecular weight excluding hydrogens is 298 g/mol. The van der Waals surface area contributed by atoms with Crippen molar-refractivity contribution in [2.24, 2.45) is 17.1 Å². The summed E-state index contributed by atoms with van der Waals surface area (Å²) < 4.78 is 9.65. The van der Waals surface area contributed by atoms with E-state index in [1.54, 1.807) is 36.4 Å². The van der Waals surface area contributed by atoms with Crippen molar-refractivity contribution in [3.05, 3.63) is 47.7 Å². The van der Waals surface area contributed by atoms with Crippen molar-refractivity contribution < 1.29 is 23.9 Å². The van der Waals surface area contributed by atoms with Crippen LogP contribution < -0.4 is 5.73 Å². The fourth-order valence-electron chi connectivity index (χ4n) is 3.00. The molecule has 0 aliphatic heterocycles. The van der Waals surface area contributed by atoms with Crippen molar-refractivity contribution in [2.75, 3.05) is 14.2 Å². The van der Waals surface area contributed by atoms with Gasteiger partial charge >= 0.3 is 11.9 Å². The Labute approximate surface area is 134 Å². The Morgan fingerprint density at radius 1 is 1.13 bits per heavy atom. The van der Waals surface area contributed by atoms with Gasteiger partial charge in [-0.1, -0.05) is 36.4 Å². The molecule has 0 aromatic heterocycles. The quantitative estimate of drug-likeness (QED) is 0.513. The van der Waals surface area contributed by atoms with Crippen LogP contribution in [0, 0.1) is 11.3 Å². The molecule has 6 nitrogen and oxygen atoms in total. The zero-order valence-electron chi connectivity index (χ0n) is 13.1. The van der Waals surface area contributed by atoms with E-state index < -0.39 is 29.1 Å². The molecule has 0 saturated carbocycles. The Hall–Kier alpha value is -2.63. The van der Waals surface area contributed by atoms with E-state index in [-0.39, 0.29) is 12.8 Å². The molecule has 122 valence electrons. The van der Waals surface area contributed by atoms with Crippen LogP contribution in [0.4, 0.5) is 0 Å². The summed E-state index contributed by atoms with van der Waals surface area (Å²) in [7, 11) is 2.41. The van der Waals surface area contributed by atoms with Gasteiger partial charge in [0.25, 0.3) is 0 Å². The van der Waals surface area contributed by atoms with E-state index in [1.807, 2.05) is 0 Å². The fourth-order valence-corrected chi connectivity index (χ4v) is 3.00. The molecule has 0 fully saturated rings. The number of allylic oxidation sites excluding steroid dienone is 2. The van der Waals surface area contributed by atoms with Gasteiger partial charge in [-0.05, 0) is 6.42 Å². The minimum absolute atomic E-state index is 0.0762. The largest absolute Gasteiger partial charge is 0.469 e. The van der Waals surface area contributed by atoms with Crippen LogP contribution in [0.25, 0.3) is 0 Å². The third-order valence-corrected chi connectivity index (χ3v) is 4.17. The van der Waals surface area contributed by atoms with Gasteiger partial charge in [-0.25, -0.2) is 0 Å². The Morgan fingerprint density at radius 3 is 2.35 bits per heavy atom. The fraction of sp³-hybridized carbons (Fsp3) is 0.353. The first-order valence-electron chi connectivity index (χ1n) is 7.18. The van der Waals surface area contributed by atoms with Gasteiger partial charge in [-0.2, -0.15) is 0 Å². The van der Waals surface area contributed by atoms with Crippen LogP contribution in [0.15, 0.2) is 42.1 Å². The molecule has 0 amide bonds. The first-order valence-corrected chi connectivity index (χ1v) is 7.18. The van der Waals surface area contributed by atoms with Gasteiger partial charge in [-0.3, -0.25) is 14.4 Å². The molecule has 2 rings (SSSR count). The Morgan fingerprint density at radius 2 is 1.78 bits per heavy atom. The first kappa shape index (κ1) is 16.7. The molecule has 0 radical (unpaired) electrons. The monoisotopic (exact) mass is 317 g/mol. The number of hydrogen-bond acceptors (Lipinski definition) is 6. The van der Waals surface area contributed by atoms with Gasteiger partial charge in [0.1, 0.15) is 5.41 Å². The molecule has 0 saturated heterocycles. The molecule has 2 unspecified atom stereocenters. The molecule has 1 aromatic rings. The highest BCUT2D eigenvalue weighted by Crippen LogP contribution is 2.44. The highest BCUT2D eigenvalue weighted by Gasteiger charge is 2.57. The highest BCUT2D eigenvalue weighted by atomic mass is 16.5. The molecule has 23 heavy (non-hydrogen) atoms. The second kappa shape index (κ2) is 6.64. The number of carbonyl (C=O) groups excluding carboxylic acids is 3. The smallest absolute Gasteiger partial charge is 0.321 e. The van der Waals surface area contributed by atoms with Gasteiger partial charge in [0.15, 0.2) is 5.78 Å². The van der Waals surface area contributed by atoms with E-state index in [4.69, 9.17) is 15.2 Å². The molecule has 1 aliphatic carbocycles. The summed E-state index contributed by atoms with van der Waals surface area (Å²) in [6, 6.07) is 8.32. The number of nitrogens with two attached hydrogens (primary N) is 1. The average Bonchev–Trinajstić information content (AvgIpc) is 2.60. The Balaban J connectivity index is 2.61. The predicted octanol–water partition coefficient (Wildman–Crippen LogP) is 1.45. The zero-order valence-corrected chi connectivity index (χ0v) is 13.1. The molecule has 0 heterocycles. The molecule has 1 aliphatic rings. The number of ketones is 1. The van der Waals surface area contributed by atoms with Crippen LogP contribution in [0.1, 0.15) is 23.2 Å². The molecule has 2 N–H and O–H groups in total. The first-order chi connectivity index (χ1) is 11.0. The van der Waals surface area contributed by atoms with E-state index in [9.17, 15) is 14.4 Å². The van der Waals surface area contributed by atoms with Gasteiger partial charge < -0.3 is 15.2 Å². The number of hydrogen-bond donors (Lipinski definition) is 1. The van der Waals surface area contributed by atoms with Crippen LogP contribution in [0.3, 0.4) is 0 Å². The van der Waals surface area contributed by atoms with Crippen molar-refractivity contribution in [3.8, 4) is 0 Å².